The van der Waals surface area contributed by atoms with Crippen LogP contribution in [0.15, 0.2) is 23.4 Å². The Hall–Kier alpha value is -1.91. The number of nitrogens with zero attached hydrogens (tertiary/aromatic N) is 1. The Bertz CT molecular complexity index is 433. The van der Waals surface area contributed by atoms with Crippen LogP contribution in [0.5, 0.6) is 5.75 Å². The van der Waals surface area contributed by atoms with Gasteiger partial charge in [-0.15, -0.1) is 4.91 Å². The summed E-state index contributed by atoms with van der Waals surface area (Å²) in [4.78, 5) is 22.1. The Kier molecular flexibility index (Phi) is 6.57. The number of phenols is 1. The highest BCUT2D eigenvalue weighted by atomic mass is 16.3. The molecule has 0 atom stereocenters. The van der Waals surface area contributed by atoms with Crippen LogP contribution in [-0.2, 0) is 11.2 Å². The molecule has 2 N–H and O–H groups in total. The molecular formula is C14H20N2O3. The maximum Gasteiger partial charge on any atom is 0.224 e. The average Bonchev–Trinajstić information content (AvgIpc) is 2.41. The first-order valence-electron chi connectivity index (χ1n) is 6.59. The highest BCUT2D eigenvalue weighted by Gasteiger charge is 2.08. The molecule has 0 bridgehead atoms. The van der Waals surface area contributed by atoms with E-state index in [0.29, 0.717) is 12.1 Å². The standard InChI is InChI=1S/C14H20N2O3/c1-2-3-4-5-8-15-14(18)10-11-9-12(16-19)6-7-13(11)17/h6-7,9,17H,2-5,8,10H2,1H3,(H,15,18). The van der Waals surface area contributed by atoms with E-state index in [9.17, 15) is 14.8 Å². The van der Waals surface area contributed by atoms with Crippen molar-refractivity contribution in [2.75, 3.05) is 6.54 Å². The van der Waals surface area contributed by atoms with Gasteiger partial charge in [0.1, 0.15) is 11.4 Å². The number of nitrogens with one attached hydrogen (secondary N) is 1. The maximum atomic E-state index is 11.7. The summed E-state index contributed by atoms with van der Waals surface area (Å²) < 4.78 is 0. The molecular weight excluding hydrogens is 244 g/mol. The predicted molar refractivity (Wildman–Crippen MR) is 74.4 cm³/mol. The Labute approximate surface area is 113 Å². The number of rotatable bonds is 8. The van der Waals surface area contributed by atoms with E-state index in [0.717, 1.165) is 19.3 Å². The summed E-state index contributed by atoms with van der Waals surface area (Å²) >= 11 is 0. The highest BCUT2D eigenvalue weighted by Crippen LogP contribution is 2.23. The molecule has 0 aliphatic heterocycles. The molecule has 19 heavy (non-hydrogen) atoms. The van der Waals surface area contributed by atoms with Crippen LogP contribution in [0.25, 0.3) is 0 Å². The number of carbonyl (C=O) groups excluding carboxylic acids is 1. The normalized spacial score (nSPS) is 10.2. The molecule has 0 aliphatic carbocycles. The van der Waals surface area contributed by atoms with Crippen LogP contribution in [-0.4, -0.2) is 17.6 Å². The Morgan fingerprint density at radius 1 is 1.32 bits per heavy atom. The molecule has 1 rings (SSSR count). The summed E-state index contributed by atoms with van der Waals surface area (Å²) in [5, 5.41) is 15.2. The molecule has 5 nitrogen and oxygen atoms in total. The summed E-state index contributed by atoms with van der Waals surface area (Å²) in [7, 11) is 0. The fourth-order valence-electron chi connectivity index (χ4n) is 1.79. The lowest BCUT2D eigenvalue weighted by atomic mass is 10.1. The molecule has 1 aromatic carbocycles. The van der Waals surface area contributed by atoms with Gasteiger partial charge in [0.15, 0.2) is 0 Å². The summed E-state index contributed by atoms with van der Waals surface area (Å²) in [5.41, 5.74) is 0.631. The van der Waals surface area contributed by atoms with Crippen molar-refractivity contribution in [3.8, 4) is 5.75 Å². The van der Waals surface area contributed by atoms with E-state index in [1.807, 2.05) is 0 Å². The van der Waals surface area contributed by atoms with Gasteiger partial charge in [-0.25, -0.2) is 0 Å². The van der Waals surface area contributed by atoms with Crippen molar-refractivity contribution in [3.63, 3.8) is 0 Å². The van der Waals surface area contributed by atoms with Gasteiger partial charge in [-0.2, -0.15) is 0 Å². The Morgan fingerprint density at radius 2 is 2.11 bits per heavy atom. The third-order valence-electron chi connectivity index (χ3n) is 2.87. The smallest absolute Gasteiger partial charge is 0.224 e. The van der Waals surface area contributed by atoms with Gasteiger partial charge < -0.3 is 10.4 Å². The van der Waals surface area contributed by atoms with Crippen LogP contribution in [0.3, 0.4) is 0 Å². The SMILES string of the molecule is CCCCCCNC(=O)Cc1cc(N=O)ccc1O. The van der Waals surface area contributed by atoms with Crippen molar-refractivity contribution in [1.29, 1.82) is 0 Å². The van der Waals surface area contributed by atoms with Crippen LogP contribution in [0.2, 0.25) is 0 Å². The second kappa shape index (κ2) is 8.24. The van der Waals surface area contributed by atoms with E-state index in [1.54, 1.807) is 0 Å². The van der Waals surface area contributed by atoms with Crippen LogP contribution in [0.4, 0.5) is 5.69 Å². The zero-order valence-electron chi connectivity index (χ0n) is 11.2. The second-order valence-corrected chi connectivity index (χ2v) is 4.49. The molecule has 0 fully saturated rings. The highest BCUT2D eigenvalue weighted by molar-refractivity contribution is 5.79. The van der Waals surface area contributed by atoms with Gasteiger partial charge in [-0.1, -0.05) is 26.2 Å². The monoisotopic (exact) mass is 264 g/mol. The molecule has 5 heteroatoms. The average molecular weight is 264 g/mol. The number of hydrogen-bond acceptors (Lipinski definition) is 4. The summed E-state index contributed by atoms with van der Waals surface area (Å²) in [6.07, 6.45) is 4.45. The van der Waals surface area contributed by atoms with Gasteiger partial charge in [0.25, 0.3) is 0 Å². The van der Waals surface area contributed by atoms with Crippen LogP contribution in [0, 0.1) is 4.91 Å². The van der Waals surface area contributed by atoms with E-state index in [1.165, 1.54) is 24.6 Å². The number of amides is 1. The lowest BCUT2D eigenvalue weighted by Gasteiger charge is -2.06. The number of carbonyl (C=O) groups is 1. The van der Waals surface area contributed by atoms with Gasteiger partial charge >= 0.3 is 0 Å². The lowest BCUT2D eigenvalue weighted by molar-refractivity contribution is -0.120. The van der Waals surface area contributed by atoms with Crippen LogP contribution < -0.4 is 5.32 Å². The largest absolute Gasteiger partial charge is 0.508 e. The molecule has 0 spiro atoms. The third-order valence-corrected chi connectivity index (χ3v) is 2.87. The lowest BCUT2D eigenvalue weighted by Crippen LogP contribution is -2.26. The fraction of sp³-hybridized carbons (Fsp3) is 0.500. The fourth-order valence-corrected chi connectivity index (χ4v) is 1.79. The van der Waals surface area contributed by atoms with Crippen LogP contribution >= 0.6 is 0 Å². The zero-order chi connectivity index (χ0) is 14.1. The minimum Gasteiger partial charge on any atom is -0.508 e. The molecule has 0 aliphatic rings. The summed E-state index contributed by atoms with van der Waals surface area (Å²) in [5.74, 6) is -0.150. The van der Waals surface area contributed by atoms with Gasteiger partial charge in [0, 0.05) is 12.1 Å². The minimum absolute atomic E-state index is 0.00790. The zero-order valence-corrected chi connectivity index (χ0v) is 11.2. The van der Waals surface area contributed by atoms with E-state index in [2.05, 4.69) is 17.4 Å². The number of benzene rings is 1. The number of hydrogen-bond donors (Lipinski definition) is 2. The van der Waals surface area contributed by atoms with Gasteiger partial charge in [0.05, 0.1) is 6.42 Å². The van der Waals surface area contributed by atoms with Crippen molar-refractivity contribution in [2.45, 2.75) is 39.0 Å². The second-order valence-electron chi connectivity index (χ2n) is 4.49. The Balaban J connectivity index is 2.41. The molecule has 0 saturated carbocycles. The van der Waals surface area contributed by atoms with Gasteiger partial charge in [-0.05, 0) is 29.8 Å². The van der Waals surface area contributed by atoms with Crippen molar-refractivity contribution < 1.29 is 9.90 Å². The van der Waals surface area contributed by atoms with E-state index >= 15 is 0 Å². The first kappa shape index (κ1) is 15.1. The molecule has 1 aromatic rings. The molecule has 0 aromatic heterocycles. The Morgan fingerprint density at radius 3 is 2.79 bits per heavy atom. The van der Waals surface area contributed by atoms with E-state index < -0.39 is 0 Å². The quantitative estimate of drug-likeness (QED) is 0.559. The number of aromatic hydroxyl groups is 1. The molecule has 0 saturated heterocycles. The first-order valence-corrected chi connectivity index (χ1v) is 6.59. The number of phenolic OH excluding ortho intramolecular Hbond substituents is 1. The topological polar surface area (TPSA) is 78.8 Å². The molecule has 0 heterocycles. The minimum atomic E-state index is -0.158. The van der Waals surface area contributed by atoms with Crippen molar-refractivity contribution in [1.82, 2.24) is 5.32 Å². The molecule has 104 valence electrons. The molecule has 0 radical (unpaired) electrons. The molecule has 0 unspecified atom stereocenters. The number of nitroso groups, excluding NO2 is 1. The van der Waals surface area contributed by atoms with Gasteiger partial charge in [-0.3, -0.25) is 4.79 Å². The summed E-state index contributed by atoms with van der Waals surface area (Å²) in [6, 6.07) is 4.22. The van der Waals surface area contributed by atoms with Crippen molar-refractivity contribution in [3.05, 3.63) is 28.7 Å². The molecule has 1 amide bonds. The van der Waals surface area contributed by atoms with E-state index in [-0.39, 0.29) is 23.8 Å². The maximum absolute atomic E-state index is 11.7. The predicted octanol–water partition coefficient (Wildman–Crippen LogP) is 3.03. The van der Waals surface area contributed by atoms with Crippen LogP contribution in [0.1, 0.15) is 38.2 Å². The van der Waals surface area contributed by atoms with Crippen molar-refractivity contribution in [2.24, 2.45) is 5.18 Å². The summed E-state index contributed by atoms with van der Waals surface area (Å²) in [6.45, 7) is 2.78. The van der Waals surface area contributed by atoms with Gasteiger partial charge in [0.2, 0.25) is 5.91 Å². The van der Waals surface area contributed by atoms with Crippen molar-refractivity contribution >= 4 is 11.6 Å². The third kappa shape index (κ3) is 5.50. The first-order chi connectivity index (χ1) is 9.17. The number of unbranched alkanes of at least 4 members (excludes halogenated alkanes) is 3. The van der Waals surface area contributed by atoms with E-state index in [4.69, 9.17) is 0 Å².